The maximum absolute atomic E-state index is 11.5. The molecule has 9 nitrogen and oxygen atoms in total. The van der Waals surface area contributed by atoms with Crippen LogP contribution in [0.3, 0.4) is 0 Å². The van der Waals surface area contributed by atoms with E-state index in [1.807, 2.05) is 6.92 Å². The smallest absolute Gasteiger partial charge is 0.324 e. The first-order chi connectivity index (χ1) is 14.9. The van der Waals surface area contributed by atoms with Gasteiger partial charge in [-0.1, -0.05) is 5.16 Å². The van der Waals surface area contributed by atoms with Crippen molar-refractivity contribution in [3.05, 3.63) is 24.2 Å². The molecule has 3 heterocycles. The summed E-state index contributed by atoms with van der Waals surface area (Å²) >= 11 is 0. The molecule has 1 aliphatic heterocycles. The van der Waals surface area contributed by atoms with Gasteiger partial charge in [-0.3, -0.25) is 0 Å². The molecule has 0 N–H and O–H groups in total. The molecule has 10 heteroatoms. The Bertz CT molecular complexity index is 954. The van der Waals surface area contributed by atoms with E-state index in [0.717, 1.165) is 44.2 Å². The number of anilines is 1. The SMILES string of the molecule is CCOCc1noc(N2CCC([C@H]3C[C@H]3CCOc3ccc(S(C)(=O)=O)cn3)CC2)n1. The minimum atomic E-state index is -3.23. The van der Waals surface area contributed by atoms with Crippen LogP contribution in [0.1, 0.15) is 38.4 Å². The Hall–Kier alpha value is -2.20. The third-order valence-corrected chi connectivity index (χ3v) is 7.26. The highest BCUT2D eigenvalue weighted by Gasteiger charge is 2.43. The third-order valence-electron chi connectivity index (χ3n) is 6.16. The summed E-state index contributed by atoms with van der Waals surface area (Å²) in [5.41, 5.74) is 0. The Labute approximate surface area is 183 Å². The summed E-state index contributed by atoms with van der Waals surface area (Å²) in [5, 5.41) is 3.98. The number of nitrogens with zero attached hydrogens (tertiary/aromatic N) is 4. The molecule has 2 aromatic rings. The lowest BCUT2D eigenvalue weighted by Crippen LogP contribution is -2.34. The molecule has 170 valence electrons. The summed E-state index contributed by atoms with van der Waals surface area (Å²) in [7, 11) is -3.23. The average Bonchev–Trinajstić information content (AvgIpc) is 3.38. The van der Waals surface area contributed by atoms with Gasteiger partial charge in [0.15, 0.2) is 15.7 Å². The van der Waals surface area contributed by atoms with Gasteiger partial charge in [0.25, 0.3) is 0 Å². The molecule has 0 bridgehead atoms. The number of pyridine rings is 1. The molecular weight excluding hydrogens is 420 g/mol. The second-order valence-corrected chi connectivity index (χ2v) is 10.4. The molecule has 0 amide bonds. The molecule has 4 rings (SSSR count). The van der Waals surface area contributed by atoms with Crippen LogP contribution >= 0.6 is 0 Å². The normalized spacial score (nSPS) is 21.9. The van der Waals surface area contributed by atoms with Crippen molar-refractivity contribution in [3.8, 4) is 5.88 Å². The second kappa shape index (κ2) is 9.52. The van der Waals surface area contributed by atoms with Crippen LogP contribution in [-0.2, 0) is 21.2 Å². The van der Waals surface area contributed by atoms with Gasteiger partial charge in [-0.25, -0.2) is 13.4 Å². The van der Waals surface area contributed by atoms with Crippen LogP contribution < -0.4 is 9.64 Å². The Morgan fingerprint density at radius 3 is 2.74 bits per heavy atom. The predicted molar refractivity (Wildman–Crippen MR) is 114 cm³/mol. The molecular formula is C21H30N4O5S. The van der Waals surface area contributed by atoms with Crippen LogP contribution in [0.15, 0.2) is 27.7 Å². The summed E-state index contributed by atoms with van der Waals surface area (Å²) in [6.45, 7) is 5.46. The van der Waals surface area contributed by atoms with Crippen LogP contribution in [0.25, 0.3) is 0 Å². The quantitative estimate of drug-likeness (QED) is 0.540. The van der Waals surface area contributed by atoms with E-state index in [1.165, 1.54) is 24.9 Å². The molecule has 2 aromatic heterocycles. The lowest BCUT2D eigenvalue weighted by atomic mass is 9.91. The zero-order valence-corrected chi connectivity index (χ0v) is 18.9. The minimum absolute atomic E-state index is 0.208. The lowest BCUT2D eigenvalue weighted by Gasteiger charge is -2.30. The predicted octanol–water partition coefficient (Wildman–Crippen LogP) is 2.73. The highest BCUT2D eigenvalue weighted by Crippen LogP contribution is 2.49. The molecule has 0 unspecified atom stereocenters. The van der Waals surface area contributed by atoms with Crippen LogP contribution in [0.5, 0.6) is 5.88 Å². The van der Waals surface area contributed by atoms with E-state index in [-0.39, 0.29) is 4.90 Å². The zero-order chi connectivity index (χ0) is 21.8. The van der Waals surface area contributed by atoms with E-state index in [0.29, 0.717) is 43.5 Å². The van der Waals surface area contributed by atoms with E-state index in [1.54, 1.807) is 6.07 Å². The van der Waals surface area contributed by atoms with Gasteiger partial charge in [0.1, 0.15) is 6.61 Å². The first-order valence-electron chi connectivity index (χ1n) is 10.9. The van der Waals surface area contributed by atoms with Crippen LogP contribution in [0.4, 0.5) is 6.01 Å². The van der Waals surface area contributed by atoms with Gasteiger partial charge in [-0.05, 0) is 56.4 Å². The van der Waals surface area contributed by atoms with Gasteiger partial charge in [-0.15, -0.1) is 0 Å². The first kappa shape index (κ1) is 22.0. The van der Waals surface area contributed by atoms with Crippen molar-refractivity contribution in [1.29, 1.82) is 0 Å². The van der Waals surface area contributed by atoms with Gasteiger partial charge >= 0.3 is 6.01 Å². The van der Waals surface area contributed by atoms with Crippen molar-refractivity contribution in [2.24, 2.45) is 17.8 Å². The number of aromatic nitrogens is 3. The number of rotatable bonds is 10. The highest BCUT2D eigenvalue weighted by molar-refractivity contribution is 7.90. The van der Waals surface area contributed by atoms with Crippen LogP contribution in [0, 0.1) is 17.8 Å². The van der Waals surface area contributed by atoms with Gasteiger partial charge in [0.2, 0.25) is 5.88 Å². The number of sulfone groups is 1. The van der Waals surface area contributed by atoms with Crippen LogP contribution in [0.2, 0.25) is 0 Å². The fourth-order valence-corrected chi connectivity index (χ4v) is 4.87. The Morgan fingerprint density at radius 1 is 1.26 bits per heavy atom. The van der Waals surface area contributed by atoms with E-state index < -0.39 is 9.84 Å². The first-order valence-corrected chi connectivity index (χ1v) is 12.8. The number of ether oxygens (including phenoxy) is 2. The zero-order valence-electron chi connectivity index (χ0n) is 18.1. The van der Waals surface area contributed by atoms with Crippen molar-refractivity contribution in [2.75, 3.05) is 37.5 Å². The standard InChI is InChI=1S/C21H30N4O5S/c1-3-28-14-19-23-21(30-24-19)25-9-6-15(7-10-25)18-12-16(18)8-11-29-20-5-4-17(13-22-20)31(2,26)27/h4-5,13,15-16,18H,3,6-12,14H2,1-2H3/t16-,18-/m1/s1. The second-order valence-electron chi connectivity index (χ2n) is 8.36. The van der Waals surface area contributed by atoms with Crippen molar-refractivity contribution in [2.45, 2.75) is 44.1 Å². The summed E-state index contributed by atoms with van der Waals surface area (Å²) in [6.07, 6.45) is 7.06. The molecule has 1 saturated carbocycles. The monoisotopic (exact) mass is 450 g/mol. The highest BCUT2D eigenvalue weighted by atomic mass is 32.2. The summed E-state index contributed by atoms with van der Waals surface area (Å²) in [6, 6.07) is 3.76. The minimum Gasteiger partial charge on any atom is -0.478 e. The fraction of sp³-hybridized carbons (Fsp3) is 0.667. The maximum Gasteiger partial charge on any atom is 0.324 e. The number of piperidine rings is 1. The third kappa shape index (κ3) is 5.74. The fourth-order valence-electron chi connectivity index (χ4n) is 4.31. The molecule has 0 aromatic carbocycles. The molecule has 2 atom stereocenters. The topological polar surface area (TPSA) is 108 Å². The molecule has 0 spiro atoms. The molecule has 1 aliphatic carbocycles. The Balaban J connectivity index is 1.16. The molecule has 2 aliphatic rings. The van der Waals surface area contributed by atoms with Crippen molar-refractivity contribution in [1.82, 2.24) is 15.1 Å². The molecule has 1 saturated heterocycles. The summed E-state index contributed by atoms with van der Waals surface area (Å²) in [5.74, 6) is 3.28. The lowest BCUT2D eigenvalue weighted by molar-refractivity contribution is 0.126. The van der Waals surface area contributed by atoms with Gasteiger partial charge < -0.3 is 18.9 Å². The summed E-state index contributed by atoms with van der Waals surface area (Å²) < 4.78 is 39.4. The summed E-state index contributed by atoms with van der Waals surface area (Å²) in [4.78, 5) is 10.9. The maximum atomic E-state index is 11.5. The Kier molecular flexibility index (Phi) is 6.76. The van der Waals surface area contributed by atoms with Crippen molar-refractivity contribution in [3.63, 3.8) is 0 Å². The number of hydrogen-bond donors (Lipinski definition) is 0. The van der Waals surface area contributed by atoms with Crippen molar-refractivity contribution < 1.29 is 22.4 Å². The van der Waals surface area contributed by atoms with E-state index in [9.17, 15) is 8.42 Å². The van der Waals surface area contributed by atoms with Crippen LogP contribution in [-0.4, -0.2) is 56.1 Å². The largest absolute Gasteiger partial charge is 0.478 e. The van der Waals surface area contributed by atoms with E-state index >= 15 is 0 Å². The molecule has 2 fully saturated rings. The van der Waals surface area contributed by atoms with Gasteiger partial charge in [-0.2, -0.15) is 4.98 Å². The number of hydrogen-bond acceptors (Lipinski definition) is 9. The van der Waals surface area contributed by atoms with Gasteiger partial charge in [0, 0.05) is 38.2 Å². The van der Waals surface area contributed by atoms with E-state index in [2.05, 4.69) is 20.0 Å². The van der Waals surface area contributed by atoms with Crippen molar-refractivity contribution >= 4 is 15.9 Å². The Morgan fingerprint density at radius 2 is 2.06 bits per heavy atom. The van der Waals surface area contributed by atoms with E-state index in [4.69, 9.17) is 14.0 Å². The average molecular weight is 451 g/mol. The molecule has 31 heavy (non-hydrogen) atoms. The molecule has 0 radical (unpaired) electrons. The van der Waals surface area contributed by atoms with Gasteiger partial charge in [0.05, 0.1) is 11.5 Å².